The number of methoxy groups -OCH3 is 3. The maximum absolute atomic E-state index is 13.4. The van der Waals surface area contributed by atoms with E-state index in [9.17, 15) is 14.7 Å². The molecule has 1 amide bonds. The van der Waals surface area contributed by atoms with Gasteiger partial charge in [-0.3, -0.25) is 9.59 Å². The molecule has 8 nitrogen and oxygen atoms in total. The van der Waals surface area contributed by atoms with E-state index in [1.807, 2.05) is 31.2 Å². The lowest BCUT2D eigenvalue weighted by Gasteiger charge is -2.26. The van der Waals surface area contributed by atoms with E-state index in [2.05, 4.69) is 0 Å². The van der Waals surface area contributed by atoms with Gasteiger partial charge in [-0.15, -0.1) is 0 Å². The van der Waals surface area contributed by atoms with Gasteiger partial charge in [0.15, 0.2) is 0 Å². The van der Waals surface area contributed by atoms with E-state index in [1.54, 1.807) is 31.4 Å². The Bertz CT molecular complexity index is 1380. The lowest BCUT2D eigenvalue weighted by molar-refractivity contribution is -0.140. The molecule has 0 bridgehead atoms. The van der Waals surface area contributed by atoms with E-state index >= 15 is 0 Å². The minimum Gasteiger partial charge on any atom is -0.507 e. The molecule has 1 atom stereocenters. The molecule has 3 aromatic rings. The van der Waals surface area contributed by atoms with Crippen molar-refractivity contribution in [2.24, 2.45) is 0 Å². The summed E-state index contributed by atoms with van der Waals surface area (Å²) in [5, 5.41) is 11.7. The van der Waals surface area contributed by atoms with Gasteiger partial charge >= 0.3 is 0 Å². The molecule has 0 radical (unpaired) electrons. The van der Waals surface area contributed by atoms with Crippen molar-refractivity contribution >= 4 is 29.1 Å². The number of hydrogen-bond donors (Lipinski definition) is 1. The van der Waals surface area contributed by atoms with E-state index in [1.165, 1.54) is 31.3 Å². The molecule has 3 aromatic carbocycles. The summed E-state index contributed by atoms with van der Waals surface area (Å²) in [5.74, 6) is -0.143. The number of likely N-dealkylation sites (tertiary alicyclic amines) is 1. The van der Waals surface area contributed by atoms with Crippen molar-refractivity contribution in [2.45, 2.75) is 19.5 Å². The highest BCUT2D eigenvalue weighted by atomic mass is 35.5. The van der Waals surface area contributed by atoms with E-state index in [-0.39, 0.29) is 28.5 Å². The van der Waals surface area contributed by atoms with Crippen LogP contribution in [-0.2, 0) is 16.1 Å². The third kappa shape index (κ3) is 5.13. The number of Topliss-reactive ketones (excluding diaryl/α,β-unsaturated/α-hetero) is 1. The van der Waals surface area contributed by atoms with Crippen LogP contribution in [0.2, 0.25) is 5.02 Å². The second-order valence-corrected chi connectivity index (χ2v) is 8.87. The summed E-state index contributed by atoms with van der Waals surface area (Å²) in [4.78, 5) is 28.3. The fraction of sp³-hybridized carbons (Fsp3) is 0.241. The minimum atomic E-state index is -0.887. The van der Waals surface area contributed by atoms with Crippen LogP contribution in [0, 0.1) is 0 Å². The predicted molar refractivity (Wildman–Crippen MR) is 143 cm³/mol. The average molecular weight is 538 g/mol. The number of carbonyl (C=O) groups is 2. The zero-order chi connectivity index (χ0) is 27.4. The zero-order valence-corrected chi connectivity index (χ0v) is 22.2. The molecule has 0 spiro atoms. The smallest absolute Gasteiger partial charge is 0.295 e. The summed E-state index contributed by atoms with van der Waals surface area (Å²) in [7, 11) is 4.42. The molecule has 1 fully saturated rings. The van der Waals surface area contributed by atoms with E-state index in [0.717, 1.165) is 5.56 Å². The van der Waals surface area contributed by atoms with Crippen molar-refractivity contribution in [2.75, 3.05) is 27.9 Å². The second kappa shape index (κ2) is 11.5. The van der Waals surface area contributed by atoms with Crippen molar-refractivity contribution in [1.82, 2.24) is 4.90 Å². The number of hydrogen-bond acceptors (Lipinski definition) is 7. The fourth-order valence-corrected chi connectivity index (χ4v) is 4.70. The van der Waals surface area contributed by atoms with Crippen LogP contribution in [0.15, 0.2) is 66.2 Å². The van der Waals surface area contributed by atoms with E-state index in [4.69, 9.17) is 30.5 Å². The van der Waals surface area contributed by atoms with Crippen LogP contribution in [0.4, 0.5) is 0 Å². The predicted octanol–water partition coefficient (Wildman–Crippen LogP) is 5.39. The molecule has 198 valence electrons. The van der Waals surface area contributed by atoms with Gasteiger partial charge in [0.2, 0.25) is 0 Å². The quantitative estimate of drug-likeness (QED) is 0.222. The molecule has 9 heteroatoms. The Kier molecular flexibility index (Phi) is 8.12. The Morgan fingerprint density at radius 1 is 0.921 bits per heavy atom. The average Bonchev–Trinajstić information content (AvgIpc) is 3.17. The molecule has 0 aliphatic carbocycles. The number of amides is 1. The number of halogens is 1. The first kappa shape index (κ1) is 26.9. The molecule has 1 saturated heterocycles. The van der Waals surface area contributed by atoms with Crippen LogP contribution in [0.25, 0.3) is 5.76 Å². The SMILES string of the molecule is CCOc1cccc(CN2C(=O)C(=O)/C(=C(/O)c3cc(Cl)c(OC)cc3OC)C2c2ccc(OC)cc2)c1. The first-order chi connectivity index (χ1) is 18.3. The topological polar surface area (TPSA) is 94.5 Å². The van der Waals surface area contributed by atoms with Gasteiger partial charge in [0.05, 0.1) is 50.1 Å². The monoisotopic (exact) mass is 537 g/mol. The highest BCUT2D eigenvalue weighted by molar-refractivity contribution is 6.46. The summed E-state index contributed by atoms with van der Waals surface area (Å²) in [5.41, 5.74) is 1.46. The molecule has 1 aliphatic rings. The molecule has 4 rings (SSSR count). The van der Waals surface area contributed by atoms with Crippen molar-refractivity contribution in [1.29, 1.82) is 0 Å². The van der Waals surface area contributed by atoms with E-state index < -0.39 is 23.5 Å². The Hall–Kier alpha value is -4.17. The molecule has 1 unspecified atom stereocenters. The lowest BCUT2D eigenvalue weighted by Crippen LogP contribution is -2.29. The van der Waals surface area contributed by atoms with Gasteiger partial charge in [0.1, 0.15) is 28.8 Å². The molecule has 0 aromatic heterocycles. The number of ketones is 1. The van der Waals surface area contributed by atoms with Crippen molar-refractivity contribution in [3.05, 3.63) is 87.9 Å². The molecule has 1 aliphatic heterocycles. The maximum Gasteiger partial charge on any atom is 0.295 e. The van der Waals surface area contributed by atoms with Gasteiger partial charge in [-0.2, -0.15) is 0 Å². The van der Waals surface area contributed by atoms with Crippen LogP contribution in [0.5, 0.6) is 23.0 Å². The Labute approximate surface area is 225 Å². The van der Waals surface area contributed by atoms with Gasteiger partial charge in [0.25, 0.3) is 11.7 Å². The molecule has 1 heterocycles. The summed E-state index contributed by atoms with van der Waals surface area (Å²) in [6, 6.07) is 16.3. The zero-order valence-electron chi connectivity index (χ0n) is 21.5. The van der Waals surface area contributed by atoms with Crippen molar-refractivity contribution in [3.63, 3.8) is 0 Å². The van der Waals surface area contributed by atoms with Gasteiger partial charge in [-0.05, 0) is 48.4 Å². The van der Waals surface area contributed by atoms with Gasteiger partial charge in [0, 0.05) is 12.6 Å². The van der Waals surface area contributed by atoms with Gasteiger partial charge < -0.3 is 29.0 Å². The molecule has 0 saturated carbocycles. The van der Waals surface area contributed by atoms with Crippen LogP contribution >= 0.6 is 11.6 Å². The first-order valence-corrected chi connectivity index (χ1v) is 12.3. The first-order valence-electron chi connectivity index (χ1n) is 11.9. The standard InChI is InChI=1S/C29H28ClNO7/c1-5-38-20-8-6-7-17(13-20)16-31-26(18-9-11-19(35-2)12-10-18)25(28(33)29(31)34)27(32)21-14-22(30)24(37-4)15-23(21)36-3/h6-15,26,32H,5,16H2,1-4H3/b27-25+. The minimum absolute atomic E-state index is 0.0827. The number of aliphatic hydroxyl groups is 1. The van der Waals surface area contributed by atoms with Crippen LogP contribution < -0.4 is 18.9 Å². The van der Waals surface area contributed by atoms with Crippen molar-refractivity contribution in [3.8, 4) is 23.0 Å². The second-order valence-electron chi connectivity index (χ2n) is 8.47. The Morgan fingerprint density at radius 2 is 1.63 bits per heavy atom. The van der Waals surface area contributed by atoms with Crippen molar-refractivity contribution < 1.29 is 33.6 Å². The highest BCUT2D eigenvalue weighted by Crippen LogP contribution is 2.44. The highest BCUT2D eigenvalue weighted by Gasteiger charge is 2.46. The summed E-state index contributed by atoms with van der Waals surface area (Å²) < 4.78 is 21.6. The fourth-order valence-electron chi connectivity index (χ4n) is 4.46. The number of aliphatic hydroxyl groups excluding tert-OH is 1. The number of carbonyl (C=O) groups excluding carboxylic acids is 2. The third-order valence-corrected chi connectivity index (χ3v) is 6.56. The molecular formula is C29H28ClNO7. The molecular weight excluding hydrogens is 510 g/mol. The molecule has 1 N–H and O–H groups in total. The third-order valence-electron chi connectivity index (χ3n) is 6.26. The largest absolute Gasteiger partial charge is 0.507 e. The number of benzene rings is 3. The van der Waals surface area contributed by atoms with Gasteiger partial charge in [-0.1, -0.05) is 35.9 Å². The van der Waals surface area contributed by atoms with Crippen LogP contribution in [-0.4, -0.2) is 49.6 Å². The van der Waals surface area contributed by atoms with Crippen LogP contribution in [0.1, 0.15) is 29.7 Å². The lowest BCUT2D eigenvalue weighted by atomic mass is 9.94. The molecule has 38 heavy (non-hydrogen) atoms. The maximum atomic E-state index is 13.4. The summed E-state index contributed by atoms with van der Waals surface area (Å²) in [6.07, 6.45) is 0. The van der Waals surface area contributed by atoms with Gasteiger partial charge in [-0.25, -0.2) is 0 Å². The van der Waals surface area contributed by atoms with E-state index in [0.29, 0.717) is 29.4 Å². The Morgan fingerprint density at radius 3 is 2.26 bits per heavy atom. The summed E-state index contributed by atoms with van der Waals surface area (Å²) >= 11 is 6.34. The Balaban J connectivity index is 1.88. The normalized spacial score (nSPS) is 16.4. The number of rotatable bonds is 9. The number of nitrogens with zero attached hydrogens (tertiary/aromatic N) is 1. The van der Waals surface area contributed by atoms with Crippen LogP contribution in [0.3, 0.4) is 0 Å². The summed E-state index contributed by atoms with van der Waals surface area (Å²) in [6.45, 7) is 2.49. The number of ether oxygens (including phenoxy) is 4.